The Morgan fingerprint density at radius 1 is 1.15 bits per heavy atom. The number of methoxy groups -OCH3 is 1. The lowest BCUT2D eigenvalue weighted by molar-refractivity contribution is -0.0177. The molecule has 2 heterocycles. The van der Waals surface area contributed by atoms with Crippen LogP contribution in [0.5, 0.6) is 11.5 Å². The van der Waals surface area contributed by atoms with Gasteiger partial charge in [0.25, 0.3) is 15.9 Å². The number of rotatable bonds is 10. The maximum absolute atomic E-state index is 14.3. The summed E-state index contributed by atoms with van der Waals surface area (Å²) in [6, 6.07) is 15.5. The minimum atomic E-state index is -3.83. The van der Waals surface area contributed by atoms with E-state index >= 15 is 0 Å². The Morgan fingerprint density at radius 3 is 2.59 bits per heavy atom. The van der Waals surface area contributed by atoms with Gasteiger partial charge in [0.05, 0.1) is 37.5 Å². The molecule has 0 bridgehead atoms. The van der Waals surface area contributed by atoms with E-state index in [0.29, 0.717) is 25.4 Å². The maximum Gasteiger partial charge on any atom is 0.271 e. The topological polar surface area (TPSA) is 118 Å². The lowest BCUT2D eigenvalue weighted by Crippen LogP contribution is -2.47. The molecule has 0 saturated heterocycles. The number of fused-ring (bicyclic) bond motifs is 1. The lowest BCUT2D eigenvalue weighted by Gasteiger charge is -2.36. The summed E-state index contributed by atoms with van der Waals surface area (Å²) in [4.78, 5) is 18.2. The second-order valence-electron chi connectivity index (χ2n) is 12.1. The quantitative estimate of drug-likeness (QED) is 0.291. The fraction of sp³-hybridized carbons (Fsp3) is 0.500. The van der Waals surface area contributed by atoms with Gasteiger partial charge in [-0.05, 0) is 87.5 Å². The molecule has 3 aromatic rings. The number of nitrogens with one attached hydrogen (secondary N) is 1. The van der Waals surface area contributed by atoms with Gasteiger partial charge in [0, 0.05) is 37.8 Å². The second-order valence-corrected chi connectivity index (χ2v) is 15.0. The number of hydrogen-bond donors (Lipinski definition) is 2. The third-order valence-corrected chi connectivity index (χ3v) is 10.9. The molecule has 46 heavy (non-hydrogen) atoms. The van der Waals surface area contributed by atoms with Crippen molar-refractivity contribution in [1.82, 2.24) is 9.80 Å². The van der Waals surface area contributed by atoms with E-state index in [-0.39, 0.29) is 46.1 Å². The van der Waals surface area contributed by atoms with Gasteiger partial charge in [-0.25, -0.2) is 8.42 Å². The molecule has 4 atom stereocenters. The summed E-state index contributed by atoms with van der Waals surface area (Å²) >= 11 is 1.11. The van der Waals surface area contributed by atoms with E-state index in [0.717, 1.165) is 48.5 Å². The van der Waals surface area contributed by atoms with E-state index < -0.39 is 16.1 Å². The van der Waals surface area contributed by atoms with Crippen molar-refractivity contribution >= 4 is 33.0 Å². The van der Waals surface area contributed by atoms with Gasteiger partial charge in [0.1, 0.15) is 15.7 Å². The molecule has 1 aliphatic heterocycles. The summed E-state index contributed by atoms with van der Waals surface area (Å²) in [5, 5.41) is 11.9. The van der Waals surface area contributed by atoms with Gasteiger partial charge < -0.3 is 24.2 Å². The standard InChI is InChI=1S/C34H47N3O7S2/c1-24-20-37(25(2)23-38)34(39)30-19-28(35-46(40,41)33-10-8-18-45-33)13-16-31(30)44-26(3)9-6-7-17-43-32(24)22-36(4)21-27-11-14-29(42-5)15-12-27/h8,10-16,18-19,24-26,32,35,38H,6-7,9,17,20-23H2,1-5H3/t24-,25-,26+,32-/m1/s1. The number of likely N-dealkylation sites (N-methyl/N-ethyl adjacent to an activating group) is 1. The monoisotopic (exact) mass is 673 g/mol. The number of thiophene rings is 1. The number of amides is 1. The van der Waals surface area contributed by atoms with E-state index in [4.69, 9.17) is 14.2 Å². The number of anilines is 1. The van der Waals surface area contributed by atoms with Gasteiger partial charge in [0.2, 0.25) is 0 Å². The molecule has 0 aliphatic carbocycles. The van der Waals surface area contributed by atoms with Crippen molar-refractivity contribution < 1.29 is 32.5 Å². The van der Waals surface area contributed by atoms with Crippen LogP contribution in [0.2, 0.25) is 0 Å². The van der Waals surface area contributed by atoms with Crippen LogP contribution in [0.15, 0.2) is 64.2 Å². The van der Waals surface area contributed by atoms with Gasteiger partial charge in [0.15, 0.2) is 0 Å². The Labute approximate surface area is 277 Å². The van der Waals surface area contributed by atoms with Gasteiger partial charge in [-0.1, -0.05) is 25.1 Å². The number of nitrogens with zero attached hydrogens (tertiary/aromatic N) is 2. The molecule has 0 saturated carbocycles. The fourth-order valence-corrected chi connectivity index (χ4v) is 7.53. The predicted octanol–water partition coefficient (Wildman–Crippen LogP) is 5.49. The molecule has 0 spiro atoms. The summed E-state index contributed by atoms with van der Waals surface area (Å²) in [6.45, 7) is 7.86. The summed E-state index contributed by atoms with van der Waals surface area (Å²) < 4.78 is 46.8. The van der Waals surface area contributed by atoms with Crippen molar-refractivity contribution in [3.63, 3.8) is 0 Å². The molecule has 252 valence electrons. The van der Waals surface area contributed by atoms with Crippen LogP contribution < -0.4 is 14.2 Å². The molecule has 0 unspecified atom stereocenters. The molecule has 0 fully saturated rings. The second kappa shape index (κ2) is 16.6. The molecule has 2 N–H and O–H groups in total. The number of ether oxygens (including phenoxy) is 3. The fourth-order valence-electron chi connectivity index (χ4n) is 5.48. The van der Waals surface area contributed by atoms with E-state index in [9.17, 15) is 18.3 Å². The number of benzene rings is 2. The maximum atomic E-state index is 14.3. The molecular weight excluding hydrogens is 627 g/mol. The lowest BCUT2D eigenvalue weighted by atomic mass is 10.0. The first-order valence-corrected chi connectivity index (χ1v) is 18.1. The minimum absolute atomic E-state index is 0.0805. The third kappa shape index (κ3) is 9.68. The molecule has 2 aromatic carbocycles. The van der Waals surface area contributed by atoms with Crippen molar-refractivity contribution in [2.75, 3.05) is 45.2 Å². The molecule has 1 aromatic heterocycles. The zero-order valence-electron chi connectivity index (χ0n) is 27.3. The number of sulfonamides is 1. The summed E-state index contributed by atoms with van der Waals surface area (Å²) in [7, 11) is -0.122. The Morgan fingerprint density at radius 2 is 1.91 bits per heavy atom. The number of aliphatic hydroxyl groups excluding tert-OH is 1. The Bertz CT molecular complexity index is 1500. The zero-order chi connectivity index (χ0) is 33.3. The number of aliphatic hydroxyl groups is 1. The van der Waals surface area contributed by atoms with Crippen molar-refractivity contribution in [1.29, 1.82) is 0 Å². The van der Waals surface area contributed by atoms with Crippen molar-refractivity contribution in [2.24, 2.45) is 5.92 Å². The molecule has 4 rings (SSSR count). The molecule has 12 heteroatoms. The molecule has 1 amide bonds. The van der Waals surface area contributed by atoms with Gasteiger partial charge in [-0.3, -0.25) is 14.4 Å². The average molecular weight is 674 g/mol. The van der Waals surface area contributed by atoms with E-state index in [1.165, 1.54) is 12.1 Å². The number of carbonyl (C=O) groups is 1. The normalized spacial score (nSPS) is 20.8. The van der Waals surface area contributed by atoms with Crippen LogP contribution in [0, 0.1) is 5.92 Å². The number of hydrogen-bond acceptors (Lipinski definition) is 9. The third-order valence-electron chi connectivity index (χ3n) is 8.17. The Kier molecular flexibility index (Phi) is 12.9. The highest BCUT2D eigenvalue weighted by Gasteiger charge is 2.31. The first kappa shape index (κ1) is 35.7. The SMILES string of the molecule is COc1ccc(CN(C)C[C@H]2OCCCC[C@H](C)Oc3ccc(NS(=O)(=O)c4cccs4)cc3C(=O)N([C@H](C)CO)C[C@H]2C)cc1. The average Bonchev–Trinajstić information content (AvgIpc) is 3.59. The highest BCUT2D eigenvalue weighted by Crippen LogP contribution is 2.30. The summed E-state index contributed by atoms with van der Waals surface area (Å²) in [6.07, 6.45) is 2.16. The summed E-state index contributed by atoms with van der Waals surface area (Å²) in [5.41, 5.74) is 1.64. The van der Waals surface area contributed by atoms with E-state index in [1.807, 2.05) is 31.2 Å². The van der Waals surface area contributed by atoms with Crippen LogP contribution in [0.1, 0.15) is 56.0 Å². The predicted molar refractivity (Wildman–Crippen MR) is 181 cm³/mol. The van der Waals surface area contributed by atoms with Crippen LogP contribution in [0.25, 0.3) is 0 Å². The van der Waals surface area contributed by atoms with Gasteiger partial charge in [-0.15, -0.1) is 11.3 Å². The molecule has 1 aliphatic rings. The van der Waals surface area contributed by atoms with Crippen molar-refractivity contribution in [3.8, 4) is 11.5 Å². The molecular formula is C34H47N3O7S2. The van der Waals surface area contributed by atoms with E-state index in [1.54, 1.807) is 42.5 Å². The van der Waals surface area contributed by atoms with Crippen LogP contribution >= 0.6 is 11.3 Å². The van der Waals surface area contributed by atoms with Gasteiger partial charge in [-0.2, -0.15) is 0 Å². The summed E-state index contributed by atoms with van der Waals surface area (Å²) in [5.74, 6) is 0.757. The Balaban J connectivity index is 1.61. The first-order valence-electron chi connectivity index (χ1n) is 15.7. The van der Waals surface area contributed by atoms with Gasteiger partial charge >= 0.3 is 0 Å². The zero-order valence-corrected chi connectivity index (χ0v) is 29.0. The smallest absolute Gasteiger partial charge is 0.271 e. The highest BCUT2D eigenvalue weighted by molar-refractivity contribution is 7.94. The van der Waals surface area contributed by atoms with Crippen LogP contribution in [-0.4, -0.2) is 87.9 Å². The number of carbonyl (C=O) groups excluding carboxylic acids is 1. The van der Waals surface area contributed by atoms with E-state index in [2.05, 4.69) is 23.6 Å². The first-order chi connectivity index (χ1) is 22.0. The van der Waals surface area contributed by atoms with Crippen molar-refractivity contribution in [2.45, 2.75) is 69.0 Å². The largest absolute Gasteiger partial charge is 0.497 e. The Hall–Kier alpha value is -3.16. The molecule has 10 nitrogen and oxygen atoms in total. The van der Waals surface area contributed by atoms with Crippen LogP contribution in [-0.2, 0) is 21.3 Å². The minimum Gasteiger partial charge on any atom is -0.497 e. The van der Waals surface area contributed by atoms with Crippen LogP contribution in [0.3, 0.4) is 0 Å². The molecule has 0 radical (unpaired) electrons. The highest BCUT2D eigenvalue weighted by atomic mass is 32.2. The van der Waals surface area contributed by atoms with Crippen LogP contribution in [0.4, 0.5) is 5.69 Å². The van der Waals surface area contributed by atoms with Crippen molar-refractivity contribution in [3.05, 3.63) is 71.1 Å².